The van der Waals surface area contributed by atoms with Crippen molar-refractivity contribution >= 4 is 10.4 Å². The zero-order chi connectivity index (χ0) is 31.7. The van der Waals surface area contributed by atoms with Gasteiger partial charge in [0.15, 0.2) is 12.6 Å². The smallest absolute Gasteiger partial charge is 0.367 e. The van der Waals surface area contributed by atoms with Crippen molar-refractivity contribution in [1.82, 2.24) is 0 Å². The number of hydrogen-bond acceptors (Lipinski definition) is 6. The second-order valence-corrected chi connectivity index (χ2v) is 14.2. The van der Waals surface area contributed by atoms with Gasteiger partial charge in [-0.2, -0.15) is 8.42 Å². The SMILES string of the molecule is CCCCCCCCCCCCCCCCCC(O)OS(=O)(=O)OC(O)CCCCCCCCCCCCCCCCC. The summed E-state index contributed by atoms with van der Waals surface area (Å²) in [5, 5.41) is 19.9. The highest BCUT2D eigenvalue weighted by atomic mass is 32.3. The molecule has 0 aliphatic carbocycles. The molecule has 0 amide bonds. The predicted octanol–water partition coefficient (Wildman–Crippen LogP) is 11.4. The molecule has 0 rings (SSSR count). The van der Waals surface area contributed by atoms with Gasteiger partial charge < -0.3 is 10.2 Å². The summed E-state index contributed by atoms with van der Waals surface area (Å²) < 4.78 is 33.4. The Morgan fingerprint density at radius 1 is 0.372 bits per heavy atom. The van der Waals surface area contributed by atoms with Gasteiger partial charge in [0.05, 0.1) is 0 Å². The molecule has 0 saturated carbocycles. The second kappa shape index (κ2) is 33.2. The van der Waals surface area contributed by atoms with Gasteiger partial charge in [-0.1, -0.05) is 194 Å². The fraction of sp³-hybridized carbons (Fsp3) is 1.00. The Labute approximate surface area is 268 Å². The van der Waals surface area contributed by atoms with Crippen LogP contribution < -0.4 is 0 Å². The first kappa shape index (κ1) is 42.8. The molecule has 7 heteroatoms. The van der Waals surface area contributed by atoms with E-state index in [-0.39, 0.29) is 12.8 Å². The Balaban J connectivity index is 3.52. The number of rotatable bonds is 36. The van der Waals surface area contributed by atoms with Crippen molar-refractivity contribution in [3.05, 3.63) is 0 Å². The van der Waals surface area contributed by atoms with Crippen LogP contribution in [0.3, 0.4) is 0 Å². The summed E-state index contributed by atoms with van der Waals surface area (Å²) in [7, 11) is -4.42. The Morgan fingerprint density at radius 3 is 0.767 bits per heavy atom. The Bertz CT molecular complexity index is 594. The van der Waals surface area contributed by atoms with Crippen molar-refractivity contribution in [2.75, 3.05) is 0 Å². The predicted molar refractivity (Wildman–Crippen MR) is 182 cm³/mol. The summed E-state index contributed by atoms with van der Waals surface area (Å²) in [5.41, 5.74) is 0. The van der Waals surface area contributed by atoms with E-state index in [2.05, 4.69) is 13.8 Å². The van der Waals surface area contributed by atoms with Crippen LogP contribution in [0.15, 0.2) is 0 Å². The van der Waals surface area contributed by atoms with Crippen LogP contribution in [0, 0.1) is 0 Å². The summed E-state index contributed by atoms with van der Waals surface area (Å²) in [6.07, 6.45) is 35.2. The number of unbranched alkanes of at least 4 members (excludes halogenated alkanes) is 28. The van der Waals surface area contributed by atoms with Crippen molar-refractivity contribution in [3.8, 4) is 0 Å². The molecule has 0 saturated heterocycles. The first-order chi connectivity index (χ1) is 20.9. The van der Waals surface area contributed by atoms with E-state index in [0.29, 0.717) is 12.8 Å². The molecule has 0 radical (unpaired) electrons. The van der Waals surface area contributed by atoms with Crippen molar-refractivity contribution in [1.29, 1.82) is 0 Å². The quantitative estimate of drug-likeness (QED) is 0.0526. The third-order valence-electron chi connectivity index (χ3n) is 8.57. The highest BCUT2D eigenvalue weighted by Crippen LogP contribution is 2.17. The van der Waals surface area contributed by atoms with Gasteiger partial charge in [0.2, 0.25) is 0 Å². The summed E-state index contributed by atoms with van der Waals surface area (Å²) in [6.45, 7) is 4.52. The lowest BCUT2D eigenvalue weighted by Crippen LogP contribution is -2.24. The number of aliphatic hydroxyl groups excluding tert-OH is 2. The van der Waals surface area contributed by atoms with E-state index in [9.17, 15) is 18.6 Å². The van der Waals surface area contributed by atoms with Gasteiger partial charge in [-0.15, -0.1) is 0 Å². The van der Waals surface area contributed by atoms with Crippen molar-refractivity contribution < 1.29 is 27.0 Å². The molecule has 6 nitrogen and oxygen atoms in total. The third kappa shape index (κ3) is 34.5. The normalized spacial score (nSPS) is 13.5. The monoisotopic (exact) mass is 635 g/mol. The molecule has 0 aliphatic rings. The third-order valence-corrected chi connectivity index (χ3v) is 9.48. The molecule has 0 aromatic rings. The Hall–Kier alpha value is -0.210. The highest BCUT2D eigenvalue weighted by Gasteiger charge is 2.22. The van der Waals surface area contributed by atoms with E-state index in [0.717, 1.165) is 25.7 Å². The fourth-order valence-electron chi connectivity index (χ4n) is 5.77. The molecular weight excluding hydrogens is 560 g/mol. The summed E-state index contributed by atoms with van der Waals surface area (Å²) in [5.74, 6) is 0. The largest absolute Gasteiger partial charge is 0.404 e. The molecule has 0 aromatic heterocycles. The molecule has 0 aromatic carbocycles. The molecule has 2 unspecified atom stereocenters. The van der Waals surface area contributed by atoms with Crippen LogP contribution in [0.1, 0.15) is 219 Å². The first-order valence-electron chi connectivity index (χ1n) is 18.9. The summed E-state index contributed by atoms with van der Waals surface area (Å²) >= 11 is 0. The van der Waals surface area contributed by atoms with Crippen LogP contribution in [0.4, 0.5) is 0 Å². The van der Waals surface area contributed by atoms with Gasteiger partial charge >= 0.3 is 10.4 Å². The van der Waals surface area contributed by atoms with E-state index in [1.165, 1.54) is 154 Å². The molecular formula is C36H74O6S. The Morgan fingerprint density at radius 2 is 0.558 bits per heavy atom. The first-order valence-corrected chi connectivity index (χ1v) is 20.2. The summed E-state index contributed by atoms with van der Waals surface area (Å²) in [4.78, 5) is 0. The minimum absolute atomic E-state index is 0.246. The standard InChI is InChI=1S/C36H74O6S/c1-3-5-7-9-11-13-15-17-19-21-23-25-27-29-31-33-35(37)41-43(39,40)42-36(38)34-32-30-28-26-24-22-20-18-16-14-12-10-8-6-4-2/h35-38H,3-34H2,1-2H3. The number of hydrogen-bond donors (Lipinski definition) is 2. The molecule has 0 fully saturated rings. The minimum atomic E-state index is -4.42. The maximum absolute atomic E-state index is 12.0. The van der Waals surface area contributed by atoms with Gasteiger partial charge in [0.25, 0.3) is 0 Å². The van der Waals surface area contributed by atoms with Gasteiger partial charge in [0, 0.05) is 0 Å². The zero-order valence-corrected chi connectivity index (χ0v) is 29.5. The van der Waals surface area contributed by atoms with Crippen LogP contribution >= 0.6 is 0 Å². The lowest BCUT2D eigenvalue weighted by atomic mass is 10.0. The molecule has 2 N–H and O–H groups in total. The lowest BCUT2D eigenvalue weighted by Gasteiger charge is -2.14. The van der Waals surface area contributed by atoms with Crippen LogP contribution in [0.25, 0.3) is 0 Å². The summed E-state index contributed by atoms with van der Waals surface area (Å²) in [6, 6.07) is 0. The topological polar surface area (TPSA) is 93.1 Å². The van der Waals surface area contributed by atoms with E-state index in [1.54, 1.807) is 0 Å². The van der Waals surface area contributed by atoms with Crippen molar-refractivity contribution in [3.63, 3.8) is 0 Å². The minimum Gasteiger partial charge on any atom is -0.367 e. The van der Waals surface area contributed by atoms with Crippen LogP contribution in [-0.2, 0) is 18.8 Å². The van der Waals surface area contributed by atoms with E-state index < -0.39 is 23.0 Å². The molecule has 0 heterocycles. The molecule has 260 valence electrons. The number of aliphatic hydroxyl groups is 2. The molecule has 2 atom stereocenters. The van der Waals surface area contributed by atoms with Crippen molar-refractivity contribution in [2.45, 2.75) is 232 Å². The van der Waals surface area contributed by atoms with Gasteiger partial charge in [-0.05, 0) is 25.7 Å². The second-order valence-electron chi connectivity index (χ2n) is 13.0. The lowest BCUT2D eigenvalue weighted by molar-refractivity contribution is -0.0659. The fourth-order valence-corrected chi connectivity index (χ4v) is 6.55. The van der Waals surface area contributed by atoms with E-state index in [1.807, 2.05) is 0 Å². The van der Waals surface area contributed by atoms with E-state index >= 15 is 0 Å². The van der Waals surface area contributed by atoms with Gasteiger partial charge in [-0.3, -0.25) is 0 Å². The molecule has 43 heavy (non-hydrogen) atoms. The zero-order valence-electron chi connectivity index (χ0n) is 28.7. The van der Waals surface area contributed by atoms with Gasteiger partial charge in [-0.25, -0.2) is 8.37 Å². The maximum Gasteiger partial charge on any atom is 0.404 e. The maximum atomic E-state index is 12.0. The van der Waals surface area contributed by atoms with Crippen LogP contribution in [0.5, 0.6) is 0 Å². The van der Waals surface area contributed by atoms with Crippen LogP contribution in [0.2, 0.25) is 0 Å². The van der Waals surface area contributed by atoms with E-state index in [4.69, 9.17) is 8.37 Å². The van der Waals surface area contributed by atoms with Crippen molar-refractivity contribution in [2.24, 2.45) is 0 Å². The average molecular weight is 635 g/mol. The molecule has 0 bridgehead atoms. The van der Waals surface area contributed by atoms with Gasteiger partial charge in [0.1, 0.15) is 0 Å². The van der Waals surface area contributed by atoms with Crippen LogP contribution in [-0.4, -0.2) is 31.2 Å². The molecule has 0 aliphatic heterocycles. The average Bonchev–Trinajstić information content (AvgIpc) is 2.96. The Kier molecular flexibility index (Phi) is 33.0. The highest BCUT2D eigenvalue weighted by molar-refractivity contribution is 7.81. The molecule has 0 spiro atoms.